The highest BCUT2D eigenvalue weighted by Crippen LogP contribution is 2.10. The van der Waals surface area contributed by atoms with Crippen LogP contribution >= 0.6 is 0 Å². The fourth-order valence-corrected chi connectivity index (χ4v) is 2.30. The normalized spacial score (nSPS) is 23.0. The Bertz CT molecular complexity index is 394. The molecule has 0 aliphatic carbocycles. The lowest BCUT2D eigenvalue weighted by Crippen LogP contribution is -2.44. The predicted molar refractivity (Wildman–Crippen MR) is 70.2 cm³/mol. The first kappa shape index (κ1) is 13.1. The van der Waals surface area contributed by atoms with Crippen molar-refractivity contribution in [1.29, 1.82) is 0 Å². The van der Waals surface area contributed by atoms with Gasteiger partial charge in [-0.05, 0) is 12.0 Å². The monoisotopic (exact) mass is 248 g/mol. The number of rotatable bonds is 4. The van der Waals surface area contributed by atoms with Crippen LogP contribution in [0.15, 0.2) is 30.3 Å². The fraction of sp³-hybridized carbons (Fsp3) is 0.500. The van der Waals surface area contributed by atoms with Gasteiger partial charge in [0.05, 0.1) is 12.1 Å². The minimum Gasteiger partial charge on any atom is -0.390 e. The van der Waals surface area contributed by atoms with Crippen LogP contribution < -0.4 is 5.32 Å². The van der Waals surface area contributed by atoms with Crippen molar-refractivity contribution in [2.45, 2.75) is 25.0 Å². The molecule has 0 unspecified atom stereocenters. The van der Waals surface area contributed by atoms with Crippen LogP contribution in [0.5, 0.6) is 0 Å². The average Bonchev–Trinajstić information content (AvgIpc) is 2.82. The summed E-state index contributed by atoms with van der Waals surface area (Å²) in [6.45, 7) is 1.25. The first-order valence-corrected chi connectivity index (χ1v) is 6.37. The highest BCUT2D eigenvalue weighted by atomic mass is 16.3. The number of nitrogens with one attached hydrogen (secondary N) is 1. The third-order valence-corrected chi connectivity index (χ3v) is 3.51. The summed E-state index contributed by atoms with van der Waals surface area (Å²) in [5.41, 5.74) is 1.17. The number of carbonyl (C=O) groups is 1. The molecule has 1 aromatic rings. The van der Waals surface area contributed by atoms with Gasteiger partial charge in [0.25, 0.3) is 0 Å². The zero-order valence-corrected chi connectivity index (χ0v) is 10.7. The molecule has 0 saturated carbocycles. The summed E-state index contributed by atoms with van der Waals surface area (Å²) in [5, 5.41) is 12.8. The highest BCUT2D eigenvalue weighted by molar-refractivity contribution is 5.76. The van der Waals surface area contributed by atoms with Crippen LogP contribution in [0.2, 0.25) is 0 Å². The van der Waals surface area contributed by atoms with E-state index in [0.717, 1.165) is 6.42 Å². The molecule has 1 fully saturated rings. The Labute approximate surface area is 108 Å². The molecule has 2 atom stereocenters. The van der Waals surface area contributed by atoms with Crippen molar-refractivity contribution in [2.24, 2.45) is 0 Å². The van der Waals surface area contributed by atoms with E-state index in [2.05, 4.69) is 5.32 Å². The molecular weight excluding hydrogens is 228 g/mol. The van der Waals surface area contributed by atoms with Crippen molar-refractivity contribution in [3.05, 3.63) is 35.9 Å². The fourth-order valence-electron chi connectivity index (χ4n) is 2.30. The molecule has 4 nitrogen and oxygen atoms in total. The minimum atomic E-state index is -0.448. The largest absolute Gasteiger partial charge is 0.390 e. The third-order valence-electron chi connectivity index (χ3n) is 3.51. The third kappa shape index (κ3) is 3.09. The van der Waals surface area contributed by atoms with Crippen LogP contribution in [0.1, 0.15) is 12.0 Å². The van der Waals surface area contributed by atoms with Crippen LogP contribution in [0.3, 0.4) is 0 Å². The molecule has 1 heterocycles. The lowest BCUT2D eigenvalue weighted by atomic mass is 10.1. The quantitative estimate of drug-likeness (QED) is 0.811. The SMILES string of the molecule is CN(C(=O)CCc1ccccc1)[C@H]1CNC[C@@H]1O. The second kappa shape index (κ2) is 5.98. The number of likely N-dealkylation sites (N-methyl/N-ethyl adjacent to an activating group) is 1. The Balaban J connectivity index is 1.84. The number of nitrogens with zero attached hydrogens (tertiary/aromatic N) is 1. The maximum Gasteiger partial charge on any atom is 0.223 e. The Kier molecular flexibility index (Phi) is 4.33. The first-order valence-electron chi connectivity index (χ1n) is 6.37. The molecule has 2 rings (SSSR count). The molecule has 1 aliphatic rings. The average molecular weight is 248 g/mol. The van der Waals surface area contributed by atoms with E-state index in [-0.39, 0.29) is 11.9 Å². The number of amides is 1. The standard InChI is InChI=1S/C14H20N2O2/c1-16(12-9-15-10-13(12)17)14(18)8-7-11-5-3-2-4-6-11/h2-6,12-13,15,17H,7-10H2,1H3/t12-,13-/m0/s1. The zero-order valence-electron chi connectivity index (χ0n) is 10.7. The summed E-state index contributed by atoms with van der Waals surface area (Å²) in [7, 11) is 1.77. The van der Waals surface area contributed by atoms with Crippen molar-refractivity contribution < 1.29 is 9.90 Å². The van der Waals surface area contributed by atoms with Gasteiger partial charge in [-0.15, -0.1) is 0 Å². The van der Waals surface area contributed by atoms with Crippen molar-refractivity contribution in [3.8, 4) is 0 Å². The van der Waals surface area contributed by atoms with Crippen molar-refractivity contribution >= 4 is 5.91 Å². The molecule has 2 N–H and O–H groups in total. The van der Waals surface area contributed by atoms with Crippen molar-refractivity contribution in [1.82, 2.24) is 10.2 Å². The smallest absolute Gasteiger partial charge is 0.223 e. The predicted octanol–water partition coefficient (Wildman–Crippen LogP) is 0.410. The van der Waals surface area contributed by atoms with E-state index in [1.54, 1.807) is 11.9 Å². The minimum absolute atomic E-state index is 0.0894. The number of β-amino-alcohol motifs (C(OH)–C–C–N with tert-alkyl or cyclic N) is 1. The number of aryl methyl sites for hydroxylation is 1. The van der Waals surface area contributed by atoms with Gasteiger partial charge in [0, 0.05) is 26.6 Å². The molecule has 98 valence electrons. The van der Waals surface area contributed by atoms with Gasteiger partial charge in [0.1, 0.15) is 0 Å². The summed E-state index contributed by atoms with van der Waals surface area (Å²) < 4.78 is 0. The van der Waals surface area contributed by atoms with Crippen LogP contribution in [-0.4, -0.2) is 48.2 Å². The van der Waals surface area contributed by atoms with E-state index < -0.39 is 6.10 Å². The Morgan fingerprint density at radius 1 is 1.39 bits per heavy atom. The molecule has 0 radical (unpaired) electrons. The van der Waals surface area contributed by atoms with E-state index >= 15 is 0 Å². The van der Waals surface area contributed by atoms with Gasteiger partial charge in [-0.3, -0.25) is 4.79 Å². The molecule has 0 bridgehead atoms. The molecule has 0 spiro atoms. The van der Waals surface area contributed by atoms with Crippen molar-refractivity contribution in [3.63, 3.8) is 0 Å². The molecule has 1 amide bonds. The van der Waals surface area contributed by atoms with Crippen LogP contribution in [0, 0.1) is 0 Å². The number of aliphatic hydroxyl groups is 1. The van der Waals surface area contributed by atoms with E-state index in [1.165, 1.54) is 5.56 Å². The van der Waals surface area contributed by atoms with Gasteiger partial charge in [0.2, 0.25) is 5.91 Å². The Morgan fingerprint density at radius 3 is 2.72 bits per heavy atom. The lowest BCUT2D eigenvalue weighted by Gasteiger charge is -2.26. The van der Waals surface area contributed by atoms with Gasteiger partial charge in [-0.2, -0.15) is 0 Å². The lowest BCUT2D eigenvalue weighted by molar-refractivity contribution is -0.133. The van der Waals surface area contributed by atoms with Gasteiger partial charge < -0.3 is 15.3 Å². The molecule has 1 aliphatic heterocycles. The summed E-state index contributed by atoms with van der Waals surface area (Å²) in [4.78, 5) is 13.7. The first-order chi connectivity index (χ1) is 8.68. The maximum absolute atomic E-state index is 12.0. The zero-order chi connectivity index (χ0) is 13.0. The van der Waals surface area contributed by atoms with Crippen molar-refractivity contribution in [2.75, 3.05) is 20.1 Å². The molecule has 4 heteroatoms. The van der Waals surface area contributed by atoms with Gasteiger partial charge >= 0.3 is 0 Å². The van der Waals surface area contributed by atoms with Crippen LogP contribution in [0.4, 0.5) is 0 Å². The van der Waals surface area contributed by atoms with Gasteiger partial charge in [-0.1, -0.05) is 30.3 Å². The summed E-state index contributed by atoms with van der Waals surface area (Å²) in [6.07, 6.45) is 0.792. The van der Waals surface area contributed by atoms with Gasteiger partial charge in [-0.25, -0.2) is 0 Å². The Morgan fingerprint density at radius 2 is 2.11 bits per heavy atom. The summed E-state index contributed by atoms with van der Waals surface area (Å²) in [5.74, 6) is 0.0894. The Hall–Kier alpha value is -1.39. The second-order valence-electron chi connectivity index (χ2n) is 4.78. The number of aliphatic hydroxyl groups excluding tert-OH is 1. The van der Waals surface area contributed by atoms with E-state index in [9.17, 15) is 9.90 Å². The number of hydrogen-bond acceptors (Lipinski definition) is 3. The number of benzene rings is 1. The molecule has 1 aromatic carbocycles. The van der Waals surface area contributed by atoms with E-state index in [1.807, 2.05) is 30.3 Å². The highest BCUT2D eigenvalue weighted by Gasteiger charge is 2.30. The maximum atomic E-state index is 12.0. The molecule has 18 heavy (non-hydrogen) atoms. The van der Waals surface area contributed by atoms with E-state index in [0.29, 0.717) is 19.5 Å². The summed E-state index contributed by atoms with van der Waals surface area (Å²) >= 11 is 0. The molecule has 0 aromatic heterocycles. The summed E-state index contributed by atoms with van der Waals surface area (Å²) in [6, 6.07) is 9.90. The second-order valence-corrected chi connectivity index (χ2v) is 4.78. The van der Waals surface area contributed by atoms with Gasteiger partial charge in [0.15, 0.2) is 0 Å². The molecule has 1 saturated heterocycles. The number of carbonyl (C=O) groups excluding carboxylic acids is 1. The topological polar surface area (TPSA) is 52.6 Å². The van der Waals surface area contributed by atoms with Crippen LogP contribution in [-0.2, 0) is 11.2 Å². The van der Waals surface area contributed by atoms with E-state index in [4.69, 9.17) is 0 Å². The van der Waals surface area contributed by atoms with Crippen LogP contribution in [0.25, 0.3) is 0 Å². The number of hydrogen-bond donors (Lipinski definition) is 2. The molecular formula is C14H20N2O2.